The third kappa shape index (κ3) is 5.64. The predicted octanol–water partition coefficient (Wildman–Crippen LogP) is 2.27. The Bertz CT molecular complexity index is 946. The minimum absolute atomic E-state index is 0. The van der Waals surface area contributed by atoms with E-state index in [9.17, 15) is 0 Å². The van der Waals surface area contributed by atoms with Crippen molar-refractivity contribution in [3.05, 3.63) is 35.4 Å². The number of aromatic nitrogens is 3. The third-order valence-corrected chi connectivity index (χ3v) is 5.76. The van der Waals surface area contributed by atoms with E-state index in [4.69, 9.17) is 14.2 Å². The lowest BCUT2D eigenvalue weighted by Gasteiger charge is -2.30. The molecule has 0 saturated heterocycles. The summed E-state index contributed by atoms with van der Waals surface area (Å²) < 4.78 is 18.5. The summed E-state index contributed by atoms with van der Waals surface area (Å²) in [6, 6.07) is 6.43. The zero-order valence-corrected chi connectivity index (χ0v) is 21.5. The second kappa shape index (κ2) is 10.7. The molecule has 0 fully saturated rings. The molecule has 0 radical (unpaired) electrons. The molecule has 0 spiro atoms. The van der Waals surface area contributed by atoms with Crippen molar-refractivity contribution >= 4 is 29.9 Å². The van der Waals surface area contributed by atoms with Gasteiger partial charge in [0.1, 0.15) is 25.6 Å². The van der Waals surface area contributed by atoms with Crippen LogP contribution in [-0.4, -0.2) is 60.7 Å². The molecule has 9 nitrogen and oxygen atoms in total. The van der Waals surface area contributed by atoms with E-state index in [-0.39, 0.29) is 35.4 Å². The average molecular weight is 556 g/mol. The molecule has 2 N–H and O–H groups in total. The fourth-order valence-electron chi connectivity index (χ4n) is 3.93. The Labute approximate surface area is 206 Å². The van der Waals surface area contributed by atoms with E-state index in [1.54, 1.807) is 14.2 Å². The van der Waals surface area contributed by atoms with E-state index in [1.165, 1.54) is 5.56 Å². The molecule has 176 valence electrons. The Morgan fingerprint density at radius 1 is 1.28 bits per heavy atom. The Balaban J connectivity index is 0.00000289. The quantitative estimate of drug-likeness (QED) is 0.320. The van der Waals surface area contributed by atoms with Crippen molar-refractivity contribution in [2.24, 2.45) is 4.99 Å². The number of aliphatic imine (C=N–C) groups is 1. The van der Waals surface area contributed by atoms with E-state index < -0.39 is 0 Å². The highest BCUT2D eigenvalue weighted by Crippen LogP contribution is 2.34. The topological polar surface area (TPSA) is 94.8 Å². The summed E-state index contributed by atoms with van der Waals surface area (Å²) in [5, 5.41) is 11.6. The summed E-state index contributed by atoms with van der Waals surface area (Å²) in [6.07, 6.45) is 1.87. The molecule has 0 bridgehead atoms. The number of ether oxygens (including phenoxy) is 3. The first-order valence-corrected chi connectivity index (χ1v) is 10.8. The number of fused-ring (bicyclic) bond motifs is 2. The van der Waals surface area contributed by atoms with E-state index in [2.05, 4.69) is 51.7 Å². The van der Waals surface area contributed by atoms with Crippen molar-refractivity contribution in [1.82, 2.24) is 25.4 Å². The van der Waals surface area contributed by atoms with Crippen molar-refractivity contribution in [2.75, 3.05) is 33.9 Å². The summed E-state index contributed by atoms with van der Waals surface area (Å²) in [4.78, 5) is 8.97. The number of rotatable bonds is 6. The minimum Gasteiger partial charge on any atom is -0.486 e. The van der Waals surface area contributed by atoms with Gasteiger partial charge in [0, 0.05) is 38.6 Å². The lowest BCUT2D eigenvalue weighted by atomic mass is 9.84. The van der Waals surface area contributed by atoms with E-state index in [0.29, 0.717) is 19.8 Å². The van der Waals surface area contributed by atoms with Crippen molar-refractivity contribution in [1.29, 1.82) is 0 Å². The first-order chi connectivity index (χ1) is 15.0. The number of guanidine groups is 1. The second-order valence-electron chi connectivity index (χ2n) is 8.61. The van der Waals surface area contributed by atoms with Gasteiger partial charge in [-0.15, -0.1) is 24.0 Å². The number of hydrogen-bond acceptors (Lipinski definition) is 6. The molecule has 10 heteroatoms. The predicted molar refractivity (Wildman–Crippen MR) is 133 cm³/mol. The van der Waals surface area contributed by atoms with Crippen LogP contribution in [0.3, 0.4) is 0 Å². The summed E-state index contributed by atoms with van der Waals surface area (Å²) in [5.74, 6) is 4.18. The molecule has 3 heterocycles. The number of benzene rings is 1. The number of hydrogen-bond donors (Lipinski definition) is 2. The normalized spacial score (nSPS) is 17.9. The molecule has 1 aromatic carbocycles. The molecule has 32 heavy (non-hydrogen) atoms. The van der Waals surface area contributed by atoms with Gasteiger partial charge >= 0.3 is 0 Å². The van der Waals surface area contributed by atoms with Gasteiger partial charge in [-0.3, -0.25) is 4.99 Å². The highest BCUT2D eigenvalue weighted by atomic mass is 127. The summed E-state index contributed by atoms with van der Waals surface area (Å²) in [6.45, 7) is 7.54. The molecule has 0 amide bonds. The lowest BCUT2D eigenvalue weighted by Crippen LogP contribution is -2.49. The highest BCUT2D eigenvalue weighted by Gasteiger charge is 2.26. The summed E-state index contributed by atoms with van der Waals surface area (Å²) in [7, 11) is 3.46. The molecule has 1 unspecified atom stereocenters. The molecule has 0 aliphatic carbocycles. The molecule has 2 aliphatic rings. The van der Waals surface area contributed by atoms with Crippen LogP contribution in [0.5, 0.6) is 11.5 Å². The van der Waals surface area contributed by atoms with E-state index >= 15 is 0 Å². The monoisotopic (exact) mass is 556 g/mol. The van der Waals surface area contributed by atoms with Crippen LogP contribution in [0.15, 0.2) is 23.2 Å². The smallest absolute Gasteiger partial charge is 0.191 e. The summed E-state index contributed by atoms with van der Waals surface area (Å²) in [5.41, 5.74) is 1.07. The first kappa shape index (κ1) is 24.6. The molecule has 1 atom stereocenters. The van der Waals surface area contributed by atoms with Crippen molar-refractivity contribution < 1.29 is 14.2 Å². The Morgan fingerprint density at radius 2 is 2.06 bits per heavy atom. The van der Waals surface area contributed by atoms with Crippen LogP contribution < -0.4 is 20.1 Å². The van der Waals surface area contributed by atoms with Gasteiger partial charge in [0.05, 0.1) is 6.54 Å². The van der Waals surface area contributed by atoms with Crippen molar-refractivity contribution in [3.8, 4) is 11.5 Å². The van der Waals surface area contributed by atoms with E-state index in [0.717, 1.165) is 55.0 Å². The van der Waals surface area contributed by atoms with Crippen LogP contribution in [0.25, 0.3) is 0 Å². The van der Waals surface area contributed by atoms with Gasteiger partial charge in [0.2, 0.25) is 0 Å². The SMILES string of the molecule is CN=C(NCC(C)(C)c1ccc2c(c1)OCCO2)NC1CCc2nc(COC)nn2C1.I. The number of nitrogens with one attached hydrogen (secondary N) is 2. The number of aryl methyl sites for hydroxylation is 1. The van der Waals surface area contributed by atoms with Gasteiger partial charge in [-0.25, -0.2) is 9.67 Å². The summed E-state index contributed by atoms with van der Waals surface area (Å²) >= 11 is 0. The second-order valence-corrected chi connectivity index (χ2v) is 8.61. The van der Waals surface area contributed by atoms with E-state index in [1.807, 2.05) is 10.7 Å². The van der Waals surface area contributed by atoms with Crippen LogP contribution in [0.4, 0.5) is 0 Å². The average Bonchev–Trinajstić information content (AvgIpc) is 3.18. The molecular weight excluding hydrogens is 523 g/mol. The molecule has 1 aromatic heterocycles. The van der Waals surface area contributed by atoms with Crippen LogP contribution in [-0.2, 0) is 29.7 Å². The van der Waals surface area contributed by atoms with Gasteiger partial charge in [0.15, 0.2) is 23.3 Å². The maximum Gasteiger partial charge on any atom is 0.191 e. The zero-order valence-electron chi connectivity index (χ0n) is 19.2. The van der Waals surface area contributed by atoms with Gasteiger partial charge in [-0.05, 0) is 24.1 Å². The van der Waals surface area contributed by atoms with Gasteiger partial charge in [-0.1, -0.05) is 19.9 Å². The fraction of sp³-hybridized carbons (Fsp3) is 0.591. The van der Waals surface area contributed by atoms with Gasteiger partial charge in [-0.2, -0.15) is 5.10 Å². The number of methoxy groups -OCH3 is 1. The third-order valence-electron chi connectivity index (χ3n) is 5.76. The van der Waals surface area contributed by atoms with Crippen LogP contribution >= 0.6 is 24.0 Å². The first-order valence-electron chi connectivity index (χ1n) is 10.8. The maximum atomic E-state index is 5.75. The molecular formula is C22H33IN6O3. The Hall–Kier alpha value is -2.08. The van der Waals surface area contributed by atoms with Crippen LogP contribution in [0.2, 0.25) is 0 Å². The van der Waals surface area contributed by atoms with Crippen molar-refractivity contribution in [2.45, 2.75) is 51.3 Å². The number of nitrogens with zero attached hydrogens (tertiary/aromatic N) is 4. The van der Waals surface area contributed by atoms with Gasteiger partial charge < -0.3 is 24.8 Å². The standard InChI is InChI=1S/C22H32N6O3.HI/c1-22(2,15-5-7-17-18(11-15)31-10-9-30-17)14-24-21(23-3)25-16-6-8-20-26-19(13-29-4)27-28(20)12-16;/h5,7,11,16H,6,8-10,12-14H2,1-4H3,(H2,23,24,25);1H. The molecule has 2 aliphatic heterocycles. The zero-order chi connectivity index (χ0) is 21.8. The minimum atomic E-state index is -0.117. The highest BCUT2D eigenvalue weighted by molar-refractivity contribution is 14.0. The Morgan fingerprint density at radius 3 is 2.81 bits per heavy atom. The molecule has 2 aromatic rings. The number of halogens is 1. The fourth-order valence-corrected chi connectivity index (χ4v) is 3.93. The van der Waals surface area contributed by atoms with Crippen LogP contribution in [0.1, 0.15) is 37.5 Å². The van der Waals surface area contributed by atoms with Crippen LogP contribution in [0, 0.1) is 0 Å². The van der Waals surface area contributed by atoms with Crippen molar-refractivity contribution in [3.63, 3.8) is 0 Å². The molecule has 0 saturated carbocycles. The Kier molecular flexibility index (Phi) is 8.21. The lowest BCUT2D eigenvalue weighted by molar-refractivity contribution is 0.171. The maximum absolute atomic E-state index is 5.75. The largest absolute Gasteiger partial charge is 0.486 e. The van der Waals surface area contributed by atoms with Gasteiger partial charge in [0.25, 0.3) is 0 Å². The molecule has 4 rings (SSSR count).